The Labute approximate surface area is 754 Å². The van der Waals surface area contributed by atoms with E-state index < -0.39 is 11.8 Å². The van der Waals surface area contributed by atoms with Gasteiger partial charge in [-0.2, -0.15) is 0 Å². The zero-order chi connectivity index (χ0) is 88.2. The summed E-state index contributed by atoms with van der Waals surface area (Å²) in [5.74, 6) is 4.77. The molecule has 23 rings (SSSR count). The molecule has 20 unspecified atom stereocenters. The number of epoxide rings is 13. The maximum absolute atomic E-state index is 12.3. The number of hydrogen-bond acceptors (Lipinski definition) is 28. The summed E-state index contributed by atoms with van der Waals surface area (Å²) in [6, 6.07) is 46.1. The van der Waals surface area contributed by atoms with Crippen molar-refractivity contribution < 1.29 is 123 Å². The van der Waals surface area contributed by atoms with Crippen LogP contribution in [0.1, 0.15) is 130 Å². The molecule has 13 saturated heterocycles. The van der Waals surface area contributed by atoms with E-state index in [0.717, 1.165) is 185 Å². The van der Waals surface area contributed by atoms with Crippen LogP contribution in [-0.2, 0) is 99.7 Å². The Balaban J connectivity index is 0.000000116. The van der Waals surface area contributed by atoms with Gasteiger partial charge in [0.2, 0.25) is 0 Å². The van der Waals surface area contributed by atoms with Crippen LogP contribution in [0.15, 0.2) is 140 Å². The van der Waals surface area contributed by atoms with E-state index in [1.54, 1.807) is 0 Å². The largest absolute Gasteiger partial charge is 0.493 e. The summed E-state index contributed by atoms with van der Waals surface area (Å²) < 4.78 is 118. The molecule has 5 aromatic carbocycles. The molecule has 0 spiro atoms. The number of para-hydroxylation sites is 3. The fourth-order valence-electron chi connectivity index (χ4n) is 15.5. The van der Waals surface area contributed by atoms with Gasteiger partial charge < -0.3 is 114 Å². The summed E-state index contributed by atoms with van der Waals surface area (Å²) in [6.45, 7) is 25.6. The van der Waals surface area contributed by atoms with E-state index in [4.69, 9.17) is 104 Å². The second kappa shape index (κ2) is 49.0. The molecule has 5 aromatic rings. The lowest BCUT2D eigenvalue weighted by atomic mass is 9.79. The number of ether oxygens (including phenoxy) is 22. The van der Waals surface area contributed by atoms with Crippen LogP contribution < -0.4 is 33.5 Å². The van der Waals surface area contributed by atoms with Gasteiger partial charge in [0, 0.05) is 43.6 Å². The highest BCUT2D eigenvalue weighted by Gasteiger charge is 2.54. The SMILES string of the molecule is CCC.CCC.O=C(OCC1CCC(COC(=O)C2CCC3OC3C2)CC1)C1CCC2OC2C1.O=C(OCC1CO1)C1CC2OC2CC1C(=O)OCC1CO1.c1cc(N(CC2CO2)CC2CO2)ccc1OCC1CO1.c1cc(OCC2CO2)cc(N(CC2CO2)CC2CO2)c1.c1ccc(OCC2CC2)cc1.c1ccc(OCC2CO2)cc1.c1ccc(OCC2CO2)cc1. The lowest BCUT2D eigenvalue weighted by molar-refractivity contribution is -0.162. The molecule has 0 aromatic heterocycles. The van der Waals surface area contributed by atoms with Gasteiger partial charge in [-0.05, 0) is 180 Å². The summed E-state index contributed by atoms with van der Waals surface area (Å²) in [6.07, 6.45) is 20.5. The Morgan fingerprint density at radius 2 is 0.555 bits per heavy atom. The maximum atomic E-state index is 12.3. The Kier molecular flexibility index (Phi) is 36.2. The van der Waals surface area contributed by atoms with Gasteiger partial charge >= 0.3 is 23.9 Å². The molecule has 0 bridgehead atoms. The van der Waals surface area contributed by atoms with Crippen LogP contribution in [0.3, 0.4) is 0 Å². The van der Waals surface area contributed by atoms with Crippen LogP contribution in [0.4, 0.5) is 11.4 Å². The highest BCUT2D eigenvalue weighted by Crippen LogP contribution is 2.45. The molecule has 20 atom stereocenters. The number of esters is 4. The molecule has 0 N–H and O–H groups in total. The molecule has 5 aliphatic carbocycles. The molecule has 18 fully saturated rings. The van der Waals surface area contributed by atoms with Gasteiger partial charge in [0.25, 0.3) is 0 Å². The Morgan fingerprint density at radius 1 is 0.273 bits per heavy atom. The smallest absolute Gasteiger partial charge is 0.310 e. The van der Waals surface area contributed by atoms with Crippen LogP contribution in [0.25, 0.3) is 0 Å². The average Bonchev–Trinajstić information content (AvgIpc) is 1.63. The average molecular weight is 1780 g/mol. The molecular weight excluding hydrogens is 1650 g/mol. The topological polar surface area (TPSA) is 321 Å². The number of benzene rings is 5. The molecule has 28 heteroatoms. The zero-order valence-corrected chi connectivity index (χ0v) is 75.1. The predicted molar refractivity (Wildman–Crippen MR) is 472 cm³/mol. The van der Waals surface area contributed by atoms with Crippen LogP contribution in [0.5, 0.6) is 28.7 Å². The number of anilines is 2. The second-order valence-corrected chi connectivity index (χ2v) is 36.5. The van der Waals surface area contributed by atoms with Crippen molar-refractivity contribution in [3.63, 3.8) is 0 Å². The van der Waals surface area contributed by atoms with Crippen LogP contribution in [-0.4, -0.2) is 273 Å². The minimum Gasteiger partial charge on any atom is -0.493 e. The third-order valence-corrected chi connectivity index (χ3v) is 24.4. The fraction of sp³-hybridized carbons (Fsp3) is 0.660. The van der Waals surface area contributed by atoms with E-state index in [1.807, 2.05) is 115 Å². The van der Waals surface area contributed by atoms with Gasteiger partial charge in [0.05, 0.1) is 171 Å². The highest BCUT2D eigenvalue weighted by molar-refractivity contribution is 5.83. The van der Waals surface area contributed by atoms with Gasteiger partial charge in [-0.3, -0.25) is 19.2 Å². The van der Waals surface area contributed by atoms with E-state index in [9.17, 15) is 19.2 Å². The van der Waals surface area contributed by atoms with E-state index in [1.165, 1.54) is 37.1 Å². The first-order chi connectivity index (χ1) is 62.8. The van der Waals surface area contributed by atoms with E-state index >= 15 is 0 Å². The first-order valence-corrected chi connectivity index (χ1v) is 47.6. The monoisotopic (exact) mass is 1780 g/mol. The number of hydrogen-bond donors (Lipinski definition) is 0. The standard InChI is InChI=1S/C22H32O6.2C15H19NO4.C14H18O7.C10H12O.2C9H10O2.2C3H8/c23-21(15-5-7-17-19(9-15)27-17)25-11-13-1-2-14(4-3-13)12-26-22(24)16-6-8-18-20(10-16)28-18;1-3-12(17-9-15-10-20-15)4-2-11(1)16(5-13-7-18-13)6-14-8-19-14;1-2-11(4-12(3-1)17-9-15-10-20-15)16(5-13-7-18-13)6-14-8-19-14;15-13(19-5-7-3-17-7)9-1-11-12(21-11)2-10(9)14(16)20-6-8-4-18-8;1-2-4-10(5-3-1)11-8-9-6-7-9;2*1-2-4-8(5-3-1)10-6-9-7-11-9;2*1-3-2/h13-20H,1-12H2;2*1-4,13-15H,5-10H2;7-12H,1-6H2;1-5,9H,6-8H2;2*1-5,9H,6-7H2;2*3H2,1-2H3. The summed E-state index contributed by atoms with van der Waals surface area (Å²) in [4.78, 5) is 53.6. The molecular formula is C100H136N2O26. The first kappa shape index (κ1) is 94.7. The highest BCUT2D eigenvalue weighted by atomic mass is 16.6. The summed E-state index contributed by atoms with van der Waals surface area (Å²) in [5.41, 5.74) is 2.37. The number of fused-ring (bicyclic) bond motifs is 3. The quantitative estimate of drug-likeness (QED) is 0.0202. The number of nitrogens with zero attached hydrogens (tertiary/aromatic N) is 2. The van der Waals surface area contributed by atoms with E-state index in [-0.39, 0.29) is 79.4 Å². The summed E-state index contributed by atoms with van der Waals surface area (Å²) in [5, 5.41) is 0. The normalized spacial score (nSPS) is 31.3. The third-order valence-electron chi connectivity index (χ3n) is 24.4. The molecule has 128 heavy (non-hydrogen) atoms. The number of carbonyl (C=O) groups excluding carboxylic acids is 4. The Bertz CT molecular complexity index is 3830. The number of carbonyl (C=O) groups is 4. The van der Waals surface area contributed by atoms with Crippen molar-refractivity contribution in [3.05, 3.63) is 140 Å². The lowest BCUT2D eigenvalue weighted by Crippen LogP contribution is -2.38. The van der Waals surface area contributed by atoms with Crippen molar-refractivity contribution >= 4 is 35.3 Å². The number of rotatable bonds is 37. The minimum atomic E-state index is -0.472. The van der Waals surface area contributed by atoms with Gasteiger partial charge in [-0.1, -0.05) is 101 Å². The molecule has 0 radical (unpaired) electrons. The van der Waals surface area contributed by atoms with Gasteiger partial charge in [0.1, 0.15) is 105 Å². The first-order valence-electron chi connectivity index (χ1n) is 47.6. The summed E-state index contributed by atoms with van der Waals surface area (Å²) >= 11 is 0. The van der Waals surface area contributed by atoms with Gasteiger partial charge in [-0.25, -0.2) is 0 Å². The fourth-order valence-corrected chi connectivity index (χ4v) is 15.5. The van der Waals surface area contributed by atoms with Gasteiger partial charge in [0.15, 0.2) is 0 Å². The van der Waals surface area contributed by atoms with E-state index in [2.05, 4.69) is 61.8 Å². The van der Waals surface area contributed by atoms with Crippen LogP contribution >= 0.6 is 0 Å². The van der Waals surface area contributed by atoms with Crippen molar-refractivity contribution in [2.45, 2.75) is 228 Å². The third kappa shape index (κ3) is 36.0. The molecule has 28 nitrogen and oxygen atoms in total. The minimum absolute atomic E-state index is 0.0277. The summed E-state index contributed by atoms with van der Waals surface area (Å²) in [7, 11) is 0. The Hall–Kier alpha value is -7.94. The Morgan fingerprint density at radius 3 is 0.898 bits per heavy atom. The maximum Gasteiger partial charge on any atom is 0.310 e. The van der Waals surface area contributed by atoms with Crippen molar-refractivity contribution in [1.29, 1.82) is 0 Å². The molecule has 702 valence electrons. The van der Waals surface area contributed by atoms with E-state index in [0.29, 0.717) is 145 Å². The molecule has 5 saturated carbocycles. The van der Waals surface area contributed by atoms with Crippen LogP contribution in [0, 0.1) is 41.4 Å². The van der Waals surface area contributed by atoms with Gasteiger partial charge in [-0.15, -0.1) is 0 Å². The van der Waals surface area contributed by atoms with Crippen molar-refractivity contribution in [3.8, 4) is 28.7 Å². The van der Waals surface area contributed by atoms with Crippen molar-refractivity contribution in [1.82, 2.24) is 0 Å². The molecule has 0 amide bonds. The van der Waals surface area contributed by atoms with Crippen molar-refractivity contribution in [2.75, 3.05) is 162 Å². The lowest BCUT2D eigenvalue weighted by Gasteiger charge is -2.29. The molecule has 13 heterocycles. The van der Waals surface area contributed by atoms with Crippen LogP contribution in [0.2, 0.25) is 0 Å². The van der Waals surface area contributed by atoms with Crippen molar-refractivity contribution in [2.24, 2.45) is 41.4 Å². The molecule has 13 aliphatic heterocycles. The second-order valence-electron chi connectivity index (χ2n) is 36.5. The zero-order valence-electron chi connectivity index (χ0n) is 75.1. The molecule has 18 aliphatic rings. The predicted octanol–water partition coefficient (Wildman–Crippen LogP) is 13.1.